The summed E-state index contributed by atoms with van der Waals surface area (Å²) in [5.74, 6) is 1.27. The van der Waals surface area contributed by atoms with Gasteiger partial charge in [-0.25, -0.2) is 4.68 Å². The van der Waals surface area contributed by atoms with E-state index in [1.807, 2.05) is 11.6 Å². The summed E-state index contributed by atoms with van der Waals surface area (Å²) in [6, 6.07) is 2.10. The number of rotatable bonds is 4. The highest BCUT2D eigenvalue weighted by Crippen LogP contribution is 2.29. The number of carbonyl (C=O) groups excluding carboxylic acids is 1. The lowest BCUT2D eigenvalue weighted by molar-refractivity contribution is -0.148. The SMILES string of the molecule is CCOC(=O)C1CNc2cc(CC(C)C(C)(C)C)nn2C1. The Morgan fingerprint density at radius 2 is 2.29 bits per heavy atom. The van der Waals surface area contributed by atoms with E-state index < -0.39 is 0 Å². The number of nitrogens with one attached hydrogen (secondary N) is 1. The molecular formula is C16H27N3O2. The molecule has 1 aromatic rings. The molecule has 0 saturated carbocycles. The predicted molar refractivity (Wildman–Crippen MR) is 83.2 cm³/mol. The molecule has 0 aliphatic carbocycles. The molecule has 21 heavy (non-hydrogen) atoms. The van der Waals surface area contributed by atoms with Crippen LogP contribution in [0.3, 0.4) is 0 Å². The van der Waals surface area contributed by atoms with Crippen molar-refractivity contribution in [3.63, 3.8) is 0 Å². The molecule has 1 aromatic heterocycles. The normalized spacial score (nSPS) is 19.6. The average molecular weight is 293 g/mol. The molecule has 1 N–H and O–H groups in total. The Balaban J connectivity index is 2.04. The fourth-order valence-electron chi connectivity index (χ4n) is 2.39. The minimum Gasteiger partial charge on any atom is -0.466 e. The number of hydrogen-bond acceptors (Lipinski definition) is 4. The summed E-state index contributed by atoms with van der Waals surface area (Å²) in [6.45, 7) is 12.5. The zero-order valence-corrected chi connectivity index (χ0v) is 13.8. The first-order valence-corrected chi connectivity index (χ1v) is 7.78. The number of hydrogen-bond donors (Lipinski definition) is 1. The lowest BCUT2D eigenvalue weighted by atomic mass is 9.79. The summed E-state index contributed by atoms with van der Waals surface area (Å²) >= 11 is 0. The Hall–Kier alpha value is -1.52. The van der Waals surface area contributed by atoms with Crippen molar-refractivity contribution in [3.05, 3.63) is 11.8 Å². The molecule has 0 aromatic carbocycles. The quantitative estimate of drug-likeness (QED) is 0.867. The Labute approximate surface area is 127 Å². The van der Waals surface area contributed by atoms with Crippen LogP contribution in [0, 0.1) is 17.3 Å². The standard InChI is InChI=1S/C16H27N3O2/c1-6-21-15(20)12-9-17-14-8-13(18-19(14)10-12)7-11(2)16(3,4)5/h8,11-12,17H,6-7,9-10H2,1-5H3. The van der Waals surface area contributed by atoms with Crippen LogP contribution < -0.4 is 5.32 Å². The second-order valence-electron chi connectivity index (χ2n) is 7.00. The highest BCUT2D eigenvalue weighted by molar-refractivity contribution is 5.73. The van der Waals surface area contributed by atoms with Crippen molar-refractivity contribution in [1.29, 1.82) is 0 Å². The first-order valence-electron chi connectivity index (χ1n) is 7.78. The summed E-state index contributed by atoms with van der Waals surface area (Å²) in [7, 11) is 0. The first kappa shape index (κ1) is 15.9. The monoisotopic (exact) mass is 293 g/mol. The predicted octanol–water partition coefficient (Wildman–Crippen LogP) is 2.71. The van der Waals surface area contributed by atoms with Crippen LogP contribution >= 0.6 is 0 Å². The molecule has 118 valence electrons. The van der Waals surface area contributed by atoms with Crippen LogP contribution in [0.5, 0.6) is 0 Å². The Morgan fingerprint density at radius 3 is 2.90 bits per heavy atom. The van der Waals surface area contributed by atoms with Gasteiger partial charge >= 0.3 is 5.97 Å². The van der Waals surface area contributed by atoms with Crippen molar-refractivity contribution in [1.82, 2.24) is 9.78 Å². The zero-order chi connectivity index (χ0) is 15.6. The second kappa shape index (κ2) is 6.08. The zero-order valence-electron chi connectivity index (χ0n) is 13.8. The van der Waals surface area contributed by atoms with Crippen molar-refractivity contribution in [2.24, 2.45) is 17.3 Å². The van der Waals surface area contributed by atoms with E-state index in [1.54, 1.807) is 0 Å². The van der Waals surface area contributed by atoms with Crippen molar-refractivity contribution in [2.45, 2.75) is 47.6 Å². The third-order valence-electron chi connectivity index (χ3n) is 4.37. The smallest absolute Gasteiger partial charge is 0.312 e. The van der Waals surface area contributed by atoms with Crippen molar-refractivity contribution in [3.8, 4) is 0 Å². The molecule has 2 rings (SSSR count). The van der Waals surface area contributed by atoms with Gasteiger partial charge in [-0.2, -0.15) is 5.10 Å². The number of anilines is 1. The van der Waals surface area contributed by atoms with Gasteiger partial charge in [0.2, 0.25) is 0 Å². The fourth-order valence-corrected chi connectivity index (χ4v) is 2.39. The molecule has 2 atom stereocenters. The van der Waals surface area contributed by atoms with Crippen LogP contribution in [0.2, 0.25) is 0 Å². The number of fused-ring (bicyclic) bond motifs is 1. The largest absolute Gasteiger partial charge is 0.466 e. The van der Waals surface area contributed by atoms with Crippen LogP contribution in [0.4, 0.5) is 5.82 Å². The summed E-state index contributed by atoms with van der Waals surface area (Å²) in [5, 5.41) is 7.93. The van der Waals surface area contributed by atoms with Crippen LogP contribution in [0.1, 0.15) is 40.3 Å². The van der Waals surface area contributed by atoms with Crippen molar-refractivity contribution >= 4 is 11.8 Å². The molecule has 0 bridgehead atoms. The van der Waals surface area contributed by atoms with Gasteiger partial charge in [-0.15, -0.1) is 0 Å². The third-order valence-corrected chi connectivity index (χ3v) is 4.37. The van der Waals surface area contributed by atoms with Crippen LogP contribution in [0.25, 0.3) is 0 Å². The number of aromatic nitrogens is 2. The summed E-state index contributed by atoms with van der Waals surface area (Å²) in [6.07, 6.45) is 0.954. The molecule has 0 saturated heterocycles. The van der Waals surface area contributed by atoms with E-state index in [0.29, 0.717) is 25.6 Å². The first-order chi connectivity index (χ1) is 9.81. The number of carbonyl (C=O) groups is 1. The second-order valence-corrected chi connectivity index (χ2v) is 7.00. The van der Waals surface area contributed by atoms with E-state index in [4.69, 9.17) is 4.74 Å². The number of esters is 1. The summed E-state index contributed by atoms with van der Waals surface area (Å²) in [5.41, 5.74) is 1.36. The molecule has 0 spiro atoms. The van der Waals surface area contributed by atoms with E-state index in [0.717, 1.165) is 17.9 Å². The maximum Gasteiger partial charge on any atom is 0.312 e. The van der Waals surface area contributed by atoms with Gasteiger partial charge in [0, 0.05) is 12.6 Å². The van der Waals surface area contributed by atoms with Crippen molar-refractivity contribution < 1.29 is 9.53 Å². The van der Waals surface area contributed by atoms with Gasteiger partial charge in [0.05, 0.1) is 24.8 Å². The molecule has 2 heterocycles. The highest BCUT2D eigenvalue weighted by Gasteiger charge is 2.28. The molecule has 1 aliphatic rings. The summed E-state index contributed by atoms with van der Waals surface area (Å²) < 4.78 is 6.99. The van der Waals surface area contributed by atoms with Gasteiger partial charge in [0.15, 0.2) is 0 Å². The maximum atomic E-state index is 11.8. The lowest BCUT2D eigenvalue weighted by Crippen LogP contribution is -2.34. The van der Waals surface area contributed by atoms with E-state index in [-0.39, 0.29) is 17.3 Å². The molecule has 1 aliphatic heterocycles. The Kier molecular flexibility index (Phi) is 4.59. The van der Waals surface area contributed by atoms with Gasteiger partial charge in [-0.3, -0.25) is 4.79 Å². The van der Waals surface area contributed by atoms with Gasteiger partial charge in [-0.05, 0) is 24.7 Å². The van der Waals surface area contributed by atoms with E-state index in [1.165, 1.54) is 0 Å². The summed E-state index contributed by atoms with van der Waals surface area (Å²) in [4.78, 5) is 11.8. The Bertz CT molecular complexity index is 502. The fraction of sp³-hybridized carbons (Fsp3) is 0.750. The van der Waals surface area contributed by atoms with E-state index in [2.05, 4.69) is 44.2 Å². The van der Waals surface area contributed by atoms with Gasteiger partial charge in [0.1, 0.15) is 5.82 Å². The highest BCUT2D eigenvalue weighted by atomic mass is 16.5. The van der Waals surface area contributed by atoms with Gasteiger partial charge in [-0.1, -0.05) is 27.7 Å². The van der Waals surface area contributed by atoms with Gasteiger partial charge < -0.3 is 10.1 Å². The Morgan fingerprint density at radius 1 is 1.57 bits per heavy atom. The molecule has 0 amide bonds. The molecule has 2 unspecified atom stereocenters. The number of ether oxygens (including phenoxy) is 1. The van der Waals surface area contributed by atoms with Gasteiger partial charge in [0.25, 0.3) is 0 Å². The molecule has 0 fully saturated rings. The van der Waals surface area contributed by atoms with Crippen LogP contribution in [0.15, 0.2) is 6.07 Å². The molecule has 5 heteroatoms. The van der Waals surface area contributed by atoms with Crippen LogP contribution in [-0.2, 0) is 22.5 Å². The minimum absolute atomic E-state index is 0.143. The average Bonchev–Trinajstić information content (AvgIpc) is 2.78. The lowest BCUT2D eigenvalue weighted by Gasteiger charge is -2.26. The third kappa shape index (κ3) is 3.77. The molecular weight excluding hydrogens is 266 g/mol. The van der Waals surface area contributed by atoms with E-state index in [9.17, 15) is 4.79 Å². The topological polar surface area (TPSA) is 56.1 Å². The molecule has 5 nitrogen and oxygen atoms in total. The van der Waals surface area contributed by atoms with E-state index >= 15 is 0 Å². The molecule has 0 radical (unpaired) electrons. The number of nitrogens with zero attached hydrogens (tertiary/aromatic N) is 2. The van der Waals surface area contributed by atoms with Crippen molar-refractivity contribution in [2.75, 3.05) is 18.5 Å². The maximum absolute atomic E-state index is 11.8. The van der Waals surface area contributed by atoms with Crippen LogP contribution in [-0.4, -0.2) is 28.9 Å². The minimum atomic E-state index is -0.148.